The highest BCUT2D eigenvalue weighted by Gasteiger charge is 2.26. The van der Waals surface area contributed by atoms with Crippen molar-refractivity contribution in [1.29, 1.82) is 0 Å². The first kappa shape index (κ1) is 14.2. The summed E-state index contributed by atoms with van der Waals surface area (Å²) in [6.45, 7) is 1.05. The number of hydrazone groups is 1. The van der Waals surface area contributed by atoms with Gasteiger partial charge in [-0.25, -0.2) is 9.97 Å². The molecule has 23 heavy (non-hydrogen) atoms. The van der Waals surface area contributed by atoms with E-state index in [1.54, 1.807) is 11.2 Å². The molecule has 0 unspecified atom stereocenters. The summed E-state index contributed by atoms with van der Waals surface area (Å²) in [4.78, 5) is 8.42. The second-order valence-electron chi connectivity index (χ2n) is 5.47. The fourth-order valence-corrected chi connectivity index (χ4v) is 2.80. The van der Waals surface area contributed by atoms with E-state index in [0.717, 1.165) is 34.4 Å². The number of benzene rings is 1. The normalized spacial score (nSPS) is 15.7. The first-order valence-electron chi connectivity index (χ1n) is 7.39. The van der Waals surface area contributed by atoms with Gasteiger partial charge >= 0.3 is 7.12 Å². The van der Waals surface area contributed by atoms with Gasteiger partial charge in [0.15, 0.2) is 5.82 Å². The predicted molar refractivity (Wildman–Crippen MR) is 86.1 cm³/mol. The first-order chi connectivity index (χ1) is 11.2. The van der Waals surface area contributed by atoms with E-state index >= 15 is 0 Å². The second-order valence-corrected chi connectivity index (χ2v) is 5.47. The fourth-order valence-electron chi connectivity index (χ4n) is 2.80. The SMILES string of the molecule is CN(/N=C/c1ccc2c(c1)COB2O)c1ncnc2c1CCO2. The number of aromatic nitrogens is 2. The molecule has 2 aromatic rings. The summed E-state index contributed by atoms with van der Waals surface area (Å²) in [6.07, 6.45) is 4.04. The number of hydrogen-bond donors (Lipinski definition) is 1. The molecular weight excluding hydrogens is 295 g/mol. The lowest BCUT2D eigenvalue weighted by atomic mass is 9.79. The van der Waals surface area contributed by atoms with Gasteiger partial charge < -0.3 is 14.4 Å². The Labute approximate surface area is 133 Å². The van der Waals surface area contributed by atoms with E-state index in [-0.39, 0.29) is 0 Å². The highest BCUT2D eigenvalue weighted by atomic mass is 16.5. The van der Waals surface area contributed by atoms with Crippen LogP contribution in [0.2, 0.25) is 0 Å². The van der Waals surface area contributed by atoms with Crippen molar-refractivity contribution in [3.05, 3.63) is 41.2 Å². The minimum Gasteiger partial charge on any atom is -0.477 e. The molecule has 1 N–H and O–H groups in total. The molecule has 1 aromatic heterocycles. The fraction of sp³-hybridized carbons (Fsp3) is 0.267. The van der Waals surface area contributed by atoms with Crippen molar-refractivity contribution in [2.24, 2.45) is 5.10 Å². The van der Waals surface area contributed by atoms with Gasteiger partial charge in [0.2, 0.25) is 5.88 Å². The third-order valence-corrected chi connectivity index (χ3v) is 3.99. The number of ether oxygens (including phenoxy) is 1. The molecule has 0 saturated carbocycles. The Balaban J connectivity index is 1.56. The minimum absolute atomic E-state index is 0.421. The van der Waals surface area contributed by atoms with Crippen molar-refractivity contribution in [2.75, 3.05) is 18.7 Å². The van der Waals surface area contributed by atoms with E-state index < -0.39 is 7.12 Å². The second kappa shape index (κ2) is 5.64. The van der Waals surface area contributed by atoms with Gasteiger partial charge in [0.25, 0.3) is 0 Å². The molecule has 0 spiro atoms. The zero-order valence-corrected chi connectivity index (χ0v) is 12.6. The quantitative estimate of drug-likeness (QED) is 0.492. The van der Waals surface area contributed by atoms with Crippen molar-refractivity contribution < 1.29 is 14.4 Å². The van der Waals surface area contributed by atoms with Gasteiger partial charge in [0, 0.05) is 13.5 Å². The van der Waals surface area contributed by atoms with E-state index in [2.05, 4.69) is 15.1 Å². The summed E-state index contributed by atoms with van der Waals surface area (Å²) in [5.74, 6) is 1.39. The van der Waals surface area contributed by atoms with E-state index in [9.17, 15) is 5.02 Å². The van der Waals surface area contributed by atoms with E-state index in [4.69, 9.17) is 9.39 Å². The minimum atomic E-state index is -0.817. The van der Waals surface area contributed by atoms with Crippen LogP contribution >= 0.6 is 0 Å². The Morgan fingerprint density at radius 3 is 3.22 bits per heavy atom. The molecule has 2 aliphatic rings. The molecular formula is C15H15BN4O3. The van der Waals surface area contributed by atoms with Gasteiger partial charge in [0.05, 0.1) is 25.0 Å². The van der Waals surface area contributed by atoms with Crippen LogP contribution in [0.15, 0.2) is 29.6 Å². The van der Waals surface area contributed by atoms with E-state index in [0.29, 0.717) is 19.1 Å². The summed E-state index contributed by atoms with van der Waals surface area (Å²) in [5.41, 5.74) is 3.73. The van der Waals surface area contributed by atoms with Crippen LogP contribution in [0.5, 0.6) is 5.88 Å². The van der Waals surface area contributed by atoms with Crippen LogP contribution in [0, 0.1) is 0 Å². The van der Waals surface area contributed by atoms with Crippen molar-refractivity contribution in [2.45, 2.75) is 13.0 Å². The maximum Gasteiger partial charge on any atom is 0.491 e. The topological polar surface area (TPSA) is 80.1 Å². The van der Waals surface area contributed by atoms with Crippen molar-refractivity contribution in [3.63, 3.8) is 0 Å². The van der Waals surface area contributed by atoms with Crippen LogP contribution in [0.3, 0.4) is 0 Å². The van der Waals surface area contributed by atoms with Crippen LogP contribution in [0.25, 0.3) is 0 Å². The maximum absolute atomic E-state index is 9.64. The van der Waals surface area contributed by atoms with Gasteiger partial charge in [0.1, 0.15) is 6.33 Å². The van der Waals surface area contributed by atoms with E-state index in [1.165, 1.54) is 6.33 Å². The lowest BCUT2D eigenvalue weighted by Crippen LogP contribution is -2.27. The average molecular weight is 310 g/mol. The standard InChI is InChI=1S/C15H15BN4O3/c1-20(14-12-4-5-22-15(12)18-9-17-14)19-7-10-2-3-13-11(6-10)8-23-16(13)21/h2-3,6-7,9,21H,4-5,8H2,1H3/b19-7+. The molecule has 116 valence electrons. The molecule has 3 heterocycles. The summed E-state index contributed by atoms with van der Waals surface area (Å²) < 4.78 is 10.6. The van der Waals surface area contributed by atoms with Crippen molar-refractivity contribution in [1.82, 2.24) is 9.97 Å². The van der Waals surface area contributed by atoms with Crippen molar-refractivity contribution in [3.8, 4) is 5.88 Å². The van der Waals surface area contributed by atoms with Crippen LogP contribution in [0.4, 0.5) is 5.82 Å². The Hall–Kier alpha value is -2.45. The van der Waals surface area contributed by atoms with Gasteiger partial charge in [-0.3, -0.25) is 5.01 Å². The highest BCUT2D eigenvalue weighted by molar-refractivity contribution is 6.61. The number of rotatable bonds is 3. The number of fused-ring (bicyclic) bond motifs is 2. The molecule has 0 aliphatic carbocycles. The molecule has 2 aliphatic heterocycles. The van der Waals surface area contributed by atoms with Crippen LogP contribution < -0.4 is 15.2 Å². The van der Waals surface area contributed by atoms with Gasteiger partial charge in [-0.1, -0.05) is 12.1 Å². The zero-order valence-electron chi connectivity index (χ0n) is 12.6. The summed E-state index contributed by atoms with van der Waals surface area (Å²) >= 11 is 0. The Morgan fingerprint density at radius 1 is 1.39 bits per heavy atom. The summed E-state index contributed by atoms with van der Waals surface area (Å²) in [6, 6.07) is 5.74. The predicted octanol–water partition coefficient (Wildman–Crippen LogP) is 0.0995. The lowest BCUT2D eigenvalue weighted by molar-refractivity contribution is 0.275. The third kappa shape index (κ3) is 2.56. The van der Waals surface area contributed by atoms with Gasteiger partial charge in [-0.2, -0.15) is 5.10 Å². The monoisotopic (exact) mass is 310 g/mol. The Kier molecular flexibility index (Phi) is 3.47. The molecule has 4 rings (SSSR count). The third-order valence-electron chi connectivity index (χ3n) is 3.99. The van der Waals surface area contributed by atoms with Gasteiger partial charge in [-0.05, 0) is 22.7 Å². The number of anilines is 1. The largest absolute Gasteiger partial charge is 0.491 e. The molecule has 0 atom stereocenters. The molecule has 0 bridgehead atoms. The Morgan fingerprint density at radius 2 is 2.30 bits per heavy atom. The lowest BCUT2D eigenvalue weighted by Gasteiger charge is -2.13. The van der Waals surface area contributed by atoms with Crippen LogP contribution in [-0.4, -0.2) is 42.0 Å². The number of hydrogen-bond acceptors (Lipinski definition) is 7. The molecule has 0 radical (unpaired) electrons. The maximum atomic E-state index is 9.64. The smallest absolute Gasteiger partial charge is 0.477 e. The average Bonchev–Trinajstić information content (AvgIpc) is 3.19. The molecule has 0 fully saturated rings. The van der Waals surface area contributed by atoms with Gasteiger partial charge in [-0.15, -0.1) is 0 Å². The molecule has 0 amide bonds. The van der Waals surface area contributed by atoms with E-state index in [1.807, 2.05) is 25.2 Å². The van der Waals surface area contributed by atoms with Crippen LogP contribution in [-0.2, 0) is 17.7 Å². The molecule has 1 aromatic carbocycles. The van der Waals surface area contributed by atoms with Crippen molar-refractivity contribution >= 4 is 24.6 Å². The Bertz CT molecular complexity index is 783. The molecule has 7 nitrogen and oxygen atoms in total. The zero-order chi connectivity index (χ0) is 15.8. The first-order valence-corrected chi connectivity index (χ1v) is 7.39. The molecule has 0 saturated heterocycles. The summed E-state index contributed by atoms with van der Waals surface area (Å²) in [7, 11) is 1.03. The highest BCUT2D eigenvalue weighted by Crippen LogP contribution is 2.29. The summed E-state index contributed by atoms with van der Waals surface area (Å²) in [5, 5.41) is 15.8. The van der Waals surface area contributed by atoms with Crippen LogP contribution in [0.1, 0.15) is 16.7 Å². The molecule has 8 heteroatoms. The number of nitrogens with zero attached hydrogens (tertiary/aromatic N) is 4.